The van der Waals surface area contributed by atoms with Crippen molar-refractivity contribution >= 4 is 28.9 Å². The quantitative estimate of drug-likeness (QED) is 0.290. The molecule has 0 bridgehead atoms. The Kier molecular flexibility index (Phi) is 5.96. The first-order chi connectivity index (χ1) is 17.8. The van der Waals surface area contributed by atoms with Gasteiger partial charge in [-0.2, -0.15) is 0 Å². The molecule has 10 nitrogen and oxygen atoms in total. The second-order valence-electron chi connectivity index (χ2n) is 11.2. The van der Waals surface area contributed by atoms with Gasteiger partial charge in [-0.25, -0.2) is 0 Å². The van der Waals surface area contributed by atoms with Crippen LogP contribution in [0.1, 0.15) is 41.9 Å². The molecule has 5 atom stereocenters. The number of nitrogens with two attached hydrogens (primary N) is 1. The van der Waals surface area contributed by atoms with Gasteiger partial charge in [0.2, 0.25) is 5.78 Å². The number of rotatable bonds is 4. The van der Waals surface area contributed by atoms with Gasteiger partial charge in [-0.3, -0.25) is 19.3 Å². The predicted octanol–water partition coefficient (Wildman–Crippen LogP) is 1.46. The number of phenolic OH excluding ortho intramolecular Hbond substituents is 1. The molecule has 1 amide bonds. The number of benzene rings is 1. The molecule has 6 N–H and O–H groups in total. The van der Waals surface area contributed by atoms with Gasteiger partial charge in [0.05, 0.1) is 11.6 Å². The molecule has 0 spiro atoms. The Labute approximate surface area is 220 Å². The summed E-state index contributed by atoms with van der Waals surface area (Å²) in [4.78, 5) is 42.7. The van der Waals surface area contributed by atoms with E-state index in [1.807, 2.05) is 37.2 Å². The van der Waals surface area contributed by atoms with E-state index in [0.29, 0.717) is 11.1 Å². The van der Waals surface area contributed by atoms with Crippen LogP contribution in [0.5, 0.6) is 5.75 Å². The Morgan fingerprint density at radius 2 is 1.82 bits per heavy atom. The van der Waals surface area contributed by atoms with Crippen molar-refractivity contribution in [3.05, 3.63) is 51.8 Å². The third-order valence-electron chi connectivity index (χ3n) is 8.62. The van der Waals surface area contributed by atoms with Crippen LogP contribution in [-0.2, 0) is 20.8 Å². The largest absolute Gasteiger partial charge is 0.508 e. The normalized spacial score (nSPS) is 30.5. The number of anilines is 1. The highest BCUT2D eigenvalue weighted by Crippen LogP contribution is 2.54. The molecule has 0 saturated heterocycles. The lowest BCUT2D eigenvalue weighted by atomic mass is 9.57. The Hall–Kier alpha value is -3.63. The predicted molar refractivity (Wildman–Crippen MR) is 140 cm³/mol. The minimum absolute atomic E-state index is 0.0551. The summed E-state index contributed by atoms with van der Waals surface area (Å²) in [7, 11) is 6.87. The molecule has 0 heterocycles. The number of carbonyl (C=O) groups is 3. The molecule has 1 saturated carbocycles. The summed E-state index contributed by atoms with van der Waals surface area (Å²) in [6, 6.07) is 0.805. The number of aliphatic hydroxyl groups excluding tert-OH is 2. The molecule has 1 aromatic rings. The molecule has 1 unspecified atom stereocenters. The minimum Gasteiger partial charge on any atom is -0.508 e. The Morgan fingerprint density at radius 1 is 1.13 bits per heavy atom. The highest BCUT2D eigenvalue weighted by atomic mass is 16.3. The summed E-state index contributed by atoms with van der Waals surface area (Å²) >= 11 is 0. The van der Waals surface area contributed by atoms with Crippen molar-refractivity contribution in [1.82, 2.24) is 4.90 Å². The van der Waals surface area contributed by atoms with Crippen molar-refractivity contribution in [2.75, 3.05) is 33.1 Å². The lowest BCUT2D eigenvalue weighted by molar-refractivity contribution is -0.153. The molecule has 38 heavy (non-hydrogen) atoms. The number of fused-ring (bicyclic) bond motifs is 3. The van der Waals surface area contributed by atoms with Crippen LogP contribution in [0.3, 0.4) is 0 Å². The first-order valence-corrected chi connectivity index (χ1v) is 12.7. The molecule has 0 aliphatic heterocycles. The molecule has 5 rings (SSSR count). The standard InChI is InChI=1S/C28H33N3O7/c1-30(2)17-11-14(12-7-5-6-8-12)22(32)19-15(17)9-13-10-16-21(31(3)4)24(34)20(27(29)37)26(36)28(16,38)25(35)18(13)23(19)33/h5,7,11-13,16,21,32-33,36,38H,6,8-10H2,1-4H3,(H2,29,37)/t12?,13-,16-,21+,28+/m0/s1. The highest BCUT2D eigenvalue weighted by molar-refractivity contribution is 6.24. The second-order valence-corrected chi connectivity index (χ2v) is 11.2. The molecule has 0 aromatic heterocycles. The van der Waals surface area contributed by atoms with E-state index in [1.165, 1.54) is 4.90 Å². The van der Waals surface area contributed by atoms with Gasteiger partial charge in [-0.1, -0.05) is 12.2 Å². The van der Waals surface area contributed by atoms with Crippen molar-refractivity contribution in [3.8, 4) is 5.75 Å². The Balaban J connectivity index is 1.76. The molecule has 1 fully saturated rings. The van der Waals surface area contributed by atoms with E-state index in [-0.39, 0.29) is 35.6 Å². The number of carbonyl (C=O) groups excluding carboxylic acids is 3. The molecule has 10 heteroatoms. The number of amides is 1. The van der Waals surface area contributed by atoms with Gasteiger partial charge in [0.1, 0.15) is 22.8 Å². The zero-order valence-corrected chi connectivity index (χ0v) is 21.9. The van der Waals surface area contributed by atoms with Gasteiger partial charge in [-0.15, -0.1) is 0 Å². The summed E-state index contributed by atoms with van der Waals surface area (Å²) in [5.74, 6) is -6.46. The number of Topliss-reactive ketones (excluding diaryl/α,β-unsaturated/α-hetero) is 2. The lowest BCUT2D eigenvalue weighted by Gasteiger charge is -2.50. The van der Waals surface area contributed by atoms with E-state index in [4.69, 9.17) is 5.73 Å². The fourth-order valence-corrected chi connectivity index (χ4v) is 6.89. The molecule has 4 aliphatic rings. The Morgan fingerprint density at radius 3 is 2.37 bits per heavy atom. The van der Waals surface area contributed by atoms with Gasteiger partial charge in [0, 0.05) is 42.8 Å². The molecule has 202 valence electrons. The summed E-state index contributed by atoms with van der Waals surface area (Å²) in [5.41, 5.74) is 3.97. The van der Waals surface area contributed by atoms with Crippen LogP contribution in [-0.4, -0.2) is 82.6 Å². The molecule has 0 radical (unpaired) electrons. The van der Waals surface area contributed by atoms with Crippen LogP contribution in [0, 0.1) is 11.8 Å². The zero-order valence-electron chi connectivity index (χ0n) is 21.9. The van der Waals surface area contributed by atoms with Gasteiger partial charge >= 0.3 is 0 Å². The summed E-state index contributed by atoms with van der Waals surface area (Å²) in [6.07, 6.45) is 6.02. The van der Waals surface area contributed by atoms with E-state index in [0.717, 1.165) is 18.5 Å². The number of aromatic hydroxyl groups is 1. The number of aliphatic hydroxyl groups is 3. The number of primary amides is 1. The van der Waals surface area contributed by atoms with Gasteiger partial charge in [-0.05, 0) is 57.3 Å². The second kappa shape index (κ2) is 8.71. The zero-order chi connectivity index (χ0) is 27.8. The number of hydrogen-bond donors (Lipinski definition) is 5. The van der Waals surface area contributed by atoms with Crippen LogP contribution in [0.25, 0.3) is 5.76 Å². The van der Waals surface area contributed by atoms with E-state index in [2.05, 4.69) is 0 Å². The number of likely N-dealkylation sites (N-methyl/N-ethyl adjacent to an activating group) is 1. The first-order valence-electron chi connectivity index (χ1n) is 12.7. The molecular weight excluding hydrogens is 490 g/mol. The van der Waals surface area contributed by atoms with Crippen molar-refractivity contribution in [2.45, 2.75) is 43.2 Å². The highest BCUT2D eigenvalue weighted by Gasteiger charge is 2.64. The number of ketones is 2. The number of allylic oxidation sites excluding steroid dienone is 2. The van der Waals surface area contributed by atoms with E-state index in [9.17, 15) is 34.8 Å². The SMILES string of the molecule is CN(C)c1cc(C2C=CCC2)c(O)c2c1C[C@H]1C[C@H]3[C@@H](N(C)C)C(=O)C(C(N)=O)=C(O)[C@]3(O)C(=O)C1=C2O. The maximum atomic E-state index is 14.0. The summed E-state index contributed by atoms with van der Waals surface area (Å²) < 4.78 is 0. The monoisotopic (exact) mass is 523 g/mol. The fourth-order valence-electron chi connectivity index (χ4n) is 6.89. The van der Waals surface area contributed by atoms with Crippen molar-refractivity contribution < 1.29 is 34.8 Å². The summed E-state index contributed by atoms with van der Waals surface area (Å²) in [6.45, 7) is 0. The average Bonchev–Trinajstić information content (AvgIpc) is 3.35. The maximum absolute atomic E-state index is 14.0. The molecule has 4 aliphatic carbocycles. The fraction of sp³-hybridized carbons (Fsp3) is 0.464. The number of phenols is 1. The number of hydrogen-bond acceptors (Lipinski definition) is 9. The average molecular weight is 524 g/mol. The van der Waals surface area contributed by atoms with Crippen molar-refractivity contribution in [2.24, 2.45) is 17.6 Å². The third-order valence-corrected chi connectivity index (χ3v) is 8.62. The first kappa shape index (κ1) is 26.0. The van der Waals surface area contributed by atoms with Gasteiger partial charge in [0.15, 0.2) is 11.4 Å². The van der Waals surface area contributed by atoms with Gasteiger partial charge < -0.3 is 31.1 Å². The third kappa shape index (κ3) is 3.36. The summed E-state index contributed by atoms with van der Waals surface area (Å²) in [5, 5.41) is 45.7. The van der Waals surface area contributed by atoms with Crippen LogP contribution in [0.4, 0.5) is 5.69 Å². The van der Waals surface area contributed by atoms with Crippen molar-refractivity contribution in [1.29, 1.82) is 0 Å². The topological polar surface area (TPSA) is 165 Å². The molecule has 1 aromatic carbocycles. The van der Waals surface area contributed by atoms with E-state index >= 15 is 0 Å². The molecular formula is C28H33N3O7. The lowest BCUT2D eigenvalue weighted by Crippen LogP contribution is -2.65. The van der Waals surface area contributed by atoms with Crippen LogP contribution in [0.2, 0.25) is 0 Å². The van der Waals surface area contributed by atoms with Crippen molar-refractivity contribution in [3.63, 3.8) is 0 Å². The smallest absolute Gasteiger partial charge is 0.255 e. The minimum atomic E-state index is -2.64. The van der Waals surface area contributed by atoms with E-state index in [1.54, 1.807) is 14.1 Å². The van der Waals surface area contributed by atoms with Crippen LogP contribution >= 0.6 is 0 Å². The van der Waals surface area contributed by atoms with E-state index < -0.39 is 58.0 Å². The van der Waals surface area contributed by atoms with Crippen LogP contribution in [0.15, 0.2) is 35.1 Å². The Bertz CT molecular complexity index is 1370. The van der Waals surface area contributed by atoms with Crippen LogP contribution < -0.4 is 10.6 Å². The maximum Gasteiger partial charge on any atom is 0.255 e. The number of nitrogens with zero attached hydrogens (tertiary/aromatic N) is 2. The van der Waals surface area contributed by atoms with Gasteiger partial charge in [0.25, 0.3) is 5.91 Å².